The van der Waals surface area contributed by atoms with Gasteiger partial charge in [-0.15, -0.1) is 0 Å². The maximum atomic E-state index is 14.4. The van der Waals surface area contributed by atoms with Crippen molar-refractivity contribution in [3.63, 3.8) is 0 Å². The Bertz CT molecular complexity index is 1420. The highest BCUT2D eigenvalue weighted by Crippen LogP contribution is 2.34. The van der Waals surface area contributed by atoms with E-state index in [9.17, 15) is 26.7 Å². The topological polar surface area (TPSA) is 63.1 Å². The molecule has 1 aromatic heterocycles. The lowest BCUT2D eigenvalue weighted by Gasteiger charge is -2.12. The molecule has 1 N–H and O–H groups in total. The van der Waals surface area contributed by atoms with Gasteiger partial charge in [0.2, 0.25) is 0 Å². The fourth-order valence-corrected chi connectivity index (χ4v) is 3.42. The lowest BCUT2D eigenvalue weighted by Crippen LogP contribution is -2.10. The first-order valence-corrected chi connectivity index (χ1v) is 9.96. The summed E-state index contributed by atoms with van der Waals surface area (Å²) in [5.74, 6) is -3.58. The van der Waals surface area contributed by atoms with Crippen molar-refractivity contribution in [2.45, 2.75) is 6.18 Å². The van der Waals surface area contributed by atoms with Crippen molar-refractivity contribution in [2.75, 3.05) is 0 Å². The highest BCUT2D eigenvalue weighted by atomic mass is 35.5. The van der Waals surface area contributed by atoms with Crippen molar-refractivity contribution in [1.82, 2.24) is 9.97 Å². The number of carboxylic acids is 1. The number of aromatic nitrogens is 2. The summed E-state index contributed by atoms with van der Waals surface area (Å²) in [6, 6.07) is 13.5. The van der Waals surface area contributed by atoms with Crippen molar-refractivity contribution < 1.29 is 31.9 Å². The minimum atomic E-state index is -4.83. The van der Waals surface area contributed by atoms with E-state index in [2.05, 4.69) is 9.97 Å². The molecule has 4 aromatic rings. The fraction of sp³-hybridized carbons (Fsp3) is 0.0417. The summed E-state index contributed by atoms with van der Waals surface area (Å²) in [6.07, 6.45) is -4.83. The van der Waals surface area contributed by atoms with E-state index >= 15 is 0 Å². The SMILES string of the molecule is O=C(O)c1cc(-c2cccc(-c3nc(-c4ccc(Cl)cc4F)cc(C(F)(F)F)n3)c2)ccc1F. The van der Waals surface area contributed by atoms with Gasteiger partial charge in [0.25, 0.3) is 0 Å². The second-order valence-electron chi connectivity index (χ2n) is 7.16. The largest absolute Gasteiger partial charge is 0.478 e. The van der Waals surface area contributed by atoms with Crippen LogP contribution in [0.2, 0.25) is 5.02 Å². The lowest BCUT2D eigenvalue weighted by molar-refractivity contribution is -0.141. The molecule has 172 valence electrons. The Labute approximate surface area is 194 Å². The Morgan fingerprint density at radius 1 is 0.824 bits per heavy atom. The van der Waals surface area contributed by atoms with E-state index in [4.69, 9.17) is 16.7 Å². The van der Waals surface area contributed by atoms with E-state index in [0.29, 0.717) is 17.2 Å². The van der Waals surface area contributed by atoms with Crippen LogP contribution in [0.1, 0.15) is 16.1 Å². The number of hydrogen-bond donors (Lipinski definition) is 1. The molecule has 0 aliphatic carbocycles. The van der Waals surface area contributed by atoms with Gasteiger partial charge in [0.15, 0.2) is 5.82 Å². The third-order valence-electron chi connectivity index (χ3n) is 4.87. The molecule has 0 saturated heterocycles. The molecule has 10 heteroatoms. The number of benzene rings is 3. The quantitative estimate of drug-likeness (QED) is 0.309. The highest BCUT2D eigenvalue weighted by Gasteiger charge is 2.34. The van der Waals surface area contributed by atoms with Gasteiger partial charge in [-0.3, -0.25) is 0 Å². The molecule has 1 heterocycles. The fourth-order valence-electron chi connectivity index (χ4n) is 3.26. The maximum absolute atomic E-state index is 14.4. The number of nitrogens with zero attached hydrogens (tertiary/aromatic N) is 2. The zero-order chi connectivity index (χ0) is 24.6. The zero-order valence-corrected chi connectivity index (χ0v) is 17.6. The summed E-state index contributed by atoms with van der Waals surface area (Å²) in [6.45, 7) is 0. The number of carboxylic acid groups (broad SMARTS) is 1. The summed E-state index contributed by atoms with van der Waals surface area (Å²) >= 11 is 5.74. The van der Waals surface area contributed by atoms with Crippen LogP contribution in [-0.2, 0) is 6.18 Å². The Morgan fingerprint density at radius 2 is 1.53 bits per heavy atom. The second kappa shape index (κ2) is 8.83. The smallest absolute Gasteiger partial charge is 0.433 e. The summed E-state index contributed by atoms with van der Waals surface area (Å²) < 4.78 is 68.8. The third kappa shape index (κ3) is 4.74. The van der Waals surface area contributed by atoms with Gasteiger partial charge in [0, 0.05) is 16.1 Å². The van der Waals surface area contributed by atoms with Crippen LogP contribution in [0.15, 0.2) is 66.7 Å². The van der Waals surface area contributed by atoms with E-state index in [-0.39, 0.29) is 27.7 Å². The highest BCUT2D eigenvalue weighted by molar-refractivity contribution is 6.30. The number of halogens is 6. The first kappa shape index (κ1) is 23.3. The Morgan fingerprint density at radius 3 is 2.21 bits per heavy atom. The summed E-state index contributed by atoms with van der Waals surface area (Å²) in [7, 11) is 0. The second-order valence-corrected chi connectivity index (χ2v) is 7.60. The maximum Gasteiger partial charge on any atom is 0.433 e. The van der Waals surface area contributed by atoms with Crippen molar-refractivity contribution in [1.29, 1.82) is 0 Å². The van der Waals surface area contributed by atoms with Crippen LogP contribution in [0, 0.1) is 11.6 Å². The van der Waals surface area contributed by atoms with Crippen molar-refractivity contribution in [3.8, 4) is 33.8 Å². The summed E-state index contributed by atoms with van der Waals surface area (Å²) in [4.78, 5) is 19.0. The normalized spacial score (nSPS) is 11.5. The lowest BCUT2D eigenvalue weighted by atomic mass is 10.0. The molecule has 4 nitrogen and oxygen atoms in total. The Kier molecular flexibility index (Phi) is 6.05. The monoisotopic (exact) mass is 490 g/mol. The third-order valence-corrected chi connectivity index (χ3v) is 5.11. The molecule has 0 unspecified atom stereocenters. The van der Waals surface area contributed by atoms with Crippen LogP contribution in [0.3, 0.4) is 0 Å². The molecule has 0 atom stereocenters. The molecule has 0 aliphatic rings. The van der Waals surface area contributed by atoms with Crippen LogP contribution < -0.4 is 0 Å². The number of hydrogen-bond acceptors (Lipinski definition) is 3. The van der Waals surface area contributed by atoms with Crippen LogP contribution in [0.4, 0.5) is 22.0 Å². The number of alkyl halides is 3. The Balaban J connectivity index is 1.87. The van der Waals surface area contributed by atoms with E-state index < -0.39 is 35.0 Å². The minimum absolute atomic E-state index is 0.0688. The zero-order valence-electron chi connectivity index (χ0n) is 16.9. The minimum Gasteiger partial charge on any atom is -0.478 e. The van der Waals surface area contributed by atoms with Crippen LogP contribution in [0.25, 0.3) is 33.8 Å². The molecule has 0 amide bonds. The summed E-state index contributed by atoms with van der Waals surface area (Å²) in [5.41, 5.74) is -1.47. The molecule has 0 aliphatic heterocycles. The van der Waals surface area contributed by atoms with Gasteiger partial charge < -0.3 is 5.11 Å². The molecule has 0 spiro atoms. The molecule has 4 rings (SSSR count). The van der Waals surface area contributed by atoms with Gasteiger partial charge in [-0.05, 0) is 53.6 Å². The predicted molar refractivity (Wildman–Crippen MR) is 115 cm³/mol. The van der Waals surface area contributed by atoms with Crippen molar-refractivity contribution in [2.24, 2.45) is 0 Å². The first-order valence-electron chi connectivity index (χ1n) is 9.58. The summed E-state index contributed by atoms with van der Waals surface area (Å²) in [5, 5.41) is 9.22. The van der Waals surface area contributed by atoms with E-state index in [1.165, 1.54) is 36.4 Å². The predicted octanol–water partition coefficient (Wildman–Crippen LogP) is 7.13. The molecule has 0 fully saturated rings. The van der Waals surface area contributed by atoms with Crippen molar-refractivity contribution >= 4 is 17.6 Å². The van der Waals surface area contributed by atoms with Crippen LogP contribution in [-0.4, -0.2) is 21.0 Å². The van der Waals surface area contributed by atoms with Gasteiger partial charge in [-0.1, -0.05) is 35.9 Å². The van der Waals surface area contributed by atoms with Gasteiger partial charge in [-0.25, -0.2) is 23.5 Å². The molecular weight excluding hydrogens is 479 g/mol. The van der Waals surface area contributed by atoms with Crippen LogP contribution in [0.5, 0.6) is 0 Å². The van der Waals surface area contributed by atoms with Crippen molar-refractivity contribution in [3.05, 3.63) is 94.6 Å². The first-order chi connectivity index (χ1) is 16.0. The molecule has 0 radical (unpaired) electrons. The van der Waals surface area contributed by atoms with Gasteiger partial charge in [0.1, 0.15) is 17.3 Å². The number of carbonyl (C=O) groups is 1. The molecule has 34 heavy (non-hydrogen) atoms. The molecular formula is C24H12ClF5N2O2. The Hall–Kier alpha value is -3.85. The van der Waals surface area contributed by atoms with E-state index in [0.717, 1.165) is 18.2 Å². The molecule has 3 aromatic carbocycles. The van der Waals surface area contributed by atoms with E-state index in [1.807, 2.05) is 0 Å². The van der Waals surface area contributed by atoms with E-state index in [1.54, 1.807) is 6.07 Å². The number of aromatic carboxylic acids is 1. The number of rotatable bonds is 4. The molecule has 0 saturated carbocycles. The standard InChI is InChI=1S/C24H12ClF5N2O2/c25-15-5-6-16(19(27)10-15)20-11-21(24(28,29)30)32-22(31-20)14-3-1-2-12(8-14)13-4-7-18(26)17(9-13)23(33)34/h1-11H,(H,33,34). The van der Waals surface area contributed by atoms with Gasteiger partial charge in [0.05, 0.1) is 11.3 Å². The molecule has 0 bridgehead atoms. The average molecular weight is 491 g/mol. The van der Waals surface area contributed by atoms with Crippen LogP contribution >= 0.6 is 11.6 Å². The average Bonchev–Trinajstić information content (AvgIpc) is 2.78. The van der Waals surface area contributed by atoms with Gasteiger partial charge in [-0.2, -0.15) is 13.2 Å². The van der Waals surface area contributed by atoms with Gasteiger partial charge >= 0.3 is 12.1 Å².